The maximum atomic E-state index is 13.4. The molecule has 0 aromatic heterocycles. The highest BCUT2D eigenvalue weighted by molar-refractivity contribution is 9.10. The maximum Gasteiger partial charge on any atom is 0.256 e. The second-order valence-electron chi connectivity index (χ2n) is 6.24. The van der Waals surface area contributed by atoms with Crippen LogP contribution in [0.5, 0.6) is 0 Å². The third kappa shape index (κ3) is 5.32. The molecule has 0 aliphatic carbocycles. The number of sulfonamides is 1. The Hall–Kier alpha value is -1.46. The molecule has 0 radical (unpaired) electrons. The summed E-state index contributed by atoms with van der Waals surface area (Å²) in [4.78, 5) is 12.6. The summed E-state index contributed by atoms with van der Waals surface area (Å²) in [6, 6.07) is 8.14. The number of nitrogens with one attached hydrogen (secondary N) is 2. The number of halogens is 2. The molecule has 0 unspecified atom stereocenters. The monoisotopic (exact) mass is 490 g/mol. The van der Waals surface area contributed by atoms with Gasteiger partial charge in [-0.15, -0.1) is 0 Å². The Balaban J connectivity index is 0.00000280. The predicted molar refractivity (Wildman–Crippen MR) is 113 cm³/mol. The second kappa shape index (κ2) is 9.36. The molecule has 0 saturated carbocycles. The smallest absolute Gasteiger partial charge is 0.256 e. The minimum absolute atomic E-state index is 0. The Morgan fingerprint density at radius 3 is 2.64 bits per heavy atom. The van der Waals surface area contributed by atoms with Gasteiger partial charge in [-0.05, 0) is 71.2 Å². The molecule has 2 aromatic rings. The lowest BCUT2D eigenvalue weighted by Gasteiger charge is -2.13. The Bertz CT molecular complexity index is 980. The van der Waals surface area contributed by atoms with Gasteiger partial charge in [-0.3, -0.25) is 4.79 Å². The molecule has 0 spiro atoms. The van der Waals surface area contributed by atoms with Gasteiger partial charge in [0.05, 0.1) is 17.1 Å². The van der Waals surface area contributed by atoms with E-state index in [1.807, 2.05) is 0 Å². The lowest BCUT2D eigenvalue weighted by Crippen LogP contribution is -2.35. The maximum absolute atomic E-state index is 13.4. The first-order chi connectivity index (χ1) is 12.8. The van der Waals surface area contributed by atoms with E-state index in [1.54, 1.807) is 6.92 Å². The van der Waals surface area contributed by atoms with Crippen LogP contribution in [0.15, 0.2) is 45.8 Å². The van der Waals surface area contributed by atoms with E-state index < -0.39 is 15.9 Å². The van der Waals surface area contributed by atoms with Crippen LogP contribution in [0.3, 0.4) is 0 Å². The zero-order valence-electron chi connectivity index (χ0n) is 15.0. The van der Waals surface area contributed by atoms with Crippen LogP contribution < -0.4 is 10.0 Å². The fourth-order valence-electron chi connectivity index (χ4n) is 2.68. The van der Waals surface area contributed by atoms with Crippen LogP contribution in [0.25, 0.3) is 0 Å². The lowest BCUT2D eigenvalue weighted by atomic mass is 10.2. The minimum atomic E-state index is -3.78. The molecule has 1 aliphatic rings. The van der Waals surface area contributed by atoms with Gasteiger partial charge in [0.25, 0.3) is 5.91 Å². The molecule has 10 heteroatoms. The Kier molecular flexibility index (Phi) is 7.63. The van der Waals surface area contributed by atoms with Crippen molar-refractivity contribution in [3.63, 3.8) is 0 Å². The van der Waals surface area contributed by atoms with Crippen LogP contribution in [-0.2, 0) is 14.8 Å². The summed E-state index contributed by atoms with van der Waals surface area (Å²) in [6.07, 6.45) is 0.604. The van der Waals surface area contributed by atoms with E-state index in [-0.39, 0.29) is 35.8 Å². The molecule has 28 heavy (non-hydrogen) atoms. The highest BCUT2D eigenvalue weighted by Crippen LogP contribution is 2.23. The van der Waals surface area contributed by atoms with E-state index >= 15 is 0 Å². The Labute approximate surface area is 178 Å². The summed E-state index contributed by atoms with van der Waals surface area (Å²) >= 11 is 3.27. The fourth-order valence-corrected chi connectivity index (χ4v) is 4.39. The largest absolute Gasteiger partial charge is 0.380 e. The molecule has 1 aliphatic heterocycles. The highest BCUT2D eigenvalue weighted by Gasteiger charge is 2.25. The van der Waals surface area contributed by atoms with Crippen LogP contribution >= 0.6 is 29.4 Å². The van der Waals surface area contributed by atoms with Gasteiger partial charge in [-0.1, -0.05) is 0 Å². The molecule has 1 fully saturated rings. The highest BCUT2D eigenvalue weighted by atomic mass is 79.9. The molecular weight excluding hydrogens is 471 g/mol. The van der Waals surface area contributed by atoms with E-state index in [1.165, 1.54) is 36.4 Å². The summed E-state index contributed by atoms with van der Waals surface area (Å²) in [6.45, 7) is 2.43. The number of hydrogen-bond acceptors (Lipinski definition) is 4. The lowest BCUT2D eigenvalue weighted by molar-refractivity contribution is 0.102. The van der Waals surface area contributed by atoms with Crippen LogP contribution in [0.2, 0.25) is 0 Å². The quantitative estimate of drug-likeness (QED) is 0.672. The van der Waals surface area contributed by atoms with Crippen LogP contribution in [0, 0.1) is 12.7 Å². The van der Waals surface area contributed by atoms with Crippen LogP contribution in [0.4, 0.5) is 10.1 Å². The first kappa shape index (κ1) is 22.8. The molecule has 1 saturated heterocycles. The standard InChI is InChI=1S/C18H18BrFN2O4S.H2S/c1-11-8-12(2-5-17(11)20)21-18(23)15-9-14(3-4-16(15)19)27(24,25)22-13-6-7-26-10-13;/h2-5,8-9,13,22H,6-7,10H2,1H3,(H,21,23);1H2/t13-;/m0./s1. The summed E-state index contributed by atoms with van der Waals surface area (Å²) in [5.74, 6) is -0.877. The molecule has 1 amide bonds. The van der Waals surface area contributed by atoms with Gasteiger partial charge in [0.15, 0.2) is 0 Å². The Morgan fingerprint density at radius 1 is 1.25 bits per heavy atom. The summed E-state index contributed by atoms with van der Waals surface area (Å²) in [5.41, 5.74) is 0.967. The Morgan fingerprint density at radius 2 is 2.00 bits per heavy atom. The van der Waals surface area contributed by atoms with Crippen molar-refractivity contribution in [3.8, 4) is 0 Å². The van der Waals surface area contributed by atoms with E-state index in [0.717, 1.165) is 0 Å². The van der Waals surface area contributed by atoms with Gasteiger partial charge in [-0.2, -0.15) is 13.5 Å². The number of benzene rings is 2. The van der Waals surface area contributed by atoms with Gasteiger partial charge >= 0.3 is 0 Å². The SMILES string of the molecule is Cc1cc(NC(=O)c2cc(S(=O)(=O)N[C@H]3CCOC3)ccc2Br)ccc1F.S. The van der Waals surface area contributed by atoms with Crippen molar-refractivity contribution in [1.29, 1.82) is 0 Å². The predicted octanol–water partition coefficient (Wildman–Crippen LogP) is 3.33. The molecular formula is C18H20BrFN2O4S2. The van der Waals surface area contributed by atoms with Gasteiger partial charge in [0, 0.05) is 22.8 Å². The zero-order chi connectivity index (χ0) is 19.6. The van der Waals surface area contributed by atoms with Crippen molar-refractivity contribution in [2.75, 3.05) is 18.5 Å². The van der Waals surface area contributed by atoms with Gasteiger partial charge in [0.1, 0.15) is 5.82 Å². The van der Waals surface area contributed by atoms with Gasteiger partial charge < -0.3 is 10.1 Å². The molecule has 2 aromatic carbocycles. The summed E-state index contributed by atoms with van der Waals surface area (Å²) < 4.78 is 46.7. The third-order valence-electron chi connectivity index (χ3n) is 4.16. The van der Waals surface area contributed by atoms with Crippen molar-refractivity contribution < 1.29 is 22.3 Å². The fraction of sp³-hybridized carbons (Fsp3) is 0.278. The molecule has 0 bridgehead atoms. The summed E-state index contributed by atoms with van der Waals surface area (Å²) in [5, 5.41) is 2.65. The first-order valence-corrected chi connectivity index (χ1v) is 10.5. The van der Waals surface area contributed by atoms with E-state index in [0.29, 0.717) is 35.4 Å². The topological polar surface area (TPSA) is 84.5 Å². The van der Waals surface area contributed by atoms with Crippen molar-refractivity contribution in [3.05, 3.63) is 57.8 Å². The van der Waals surface area contributed by atoms with Crippen LogP contribution in [0.1, 0.15) is 22.3 Å². The third-order valence-corrected chi connectivity index (χ3v) is 6.37. The normalized spacial score (nSPS) is 16.5. The van der Waals surface area contributed by atoms with Crippen molar-refractivity contribution in [2.24, 2.45) is 0 Å². The molecule has 1 heterocycles. The number of carbonyl (C=O) groups is 1. The van der Waals surface area contributed by atoms with Crippen LogP contribution in [-0.4, -0.2) is 33.6 Å². The van der Waals surface area contributed by atoms with E-state index in [4.69, 9.17) is 4.74 Å². The van der Waals surface area contributed by atoms with Crippen molar-refractivity contribution in [1.82, 2.24) is 4.72 Å². The molecule has 3 rings (SSSR count). The number of aryl methyl sites for hydroxylation is 1. The number of carbonyl (C=O) groups excluding carboxylic acids is 1. The zero-order valence-corrected chi connectivity index (χ0v) is 18.4. The molecule has 1 atom stereocenters. The van der Waals surface area contributed by atoms with Gasteiger partial charge in [-0.25, -0.2) is 17.5 Å². The average Bonchev–Trinajstić information content (AvgIpc) is 3.10. The first-order valence-electron chi connectivity index (χ1n) is 8.23. The molecule has 6 nitrogen and oxygen atoms in total. The number of hydrogen-bond donors (Lipinski definition) is 2. The summed E-state index contributed by atoms with van der Waals surface area (Å²) in [7, 11) is -3.78. The van der Waals surface area contributed by atoms with Crippen molar-refractivity contribution >= 4 is 51.0 Å². The number of amides is 1. The molecule has 2 N–H and O–H groups in total. The second-order valence-corrected chi connectivity index (χ2v) is 8.81. The van der Waals surface area contributed by atoms with Gasteiger partial charge in [0.2, 0.25) is 10.0 Å². The van der Waals surface area contributed by atoms with E-state index in [2.05, 4.69) is 26.0 Å². The van der Waals surface area contributed by atoms with E-state index in [9.17, 15) is 17.6 Å². The molecule has 152 valence electrons. The number of ether oxygens (including phenoxy) is 1. The van der Waals surface area contributed by atoms with Crippen molar-refractivity contribution in [2.45, 2.75) is 24.3 Å². The average molecular weight is 491 g/mol. The minimum Gasteiger partial charge on any atom is -0.380 e. The number of anilines is 1. The number of rotatable bonds is 5.